The number of amides is 2. The van der Waals surface area contributed by atoms with Crippen molar-refractivity contribution in [3.05, 3.63) is 87.2 Å². The molecular formula is C31H34F2N7O4S2+. The Hall–Kier alpha value is -4.18. The second-order valence-corrected chi connectivity index (χ2v) is 15.5. The summed E-state index contributed by atoms with van der Waals surface area (Å²) in [7, 11) is -3.07. The molecule has 1 fully saturated rings. The van der Waals surface area contributed by atoms with Gasteiger partial charge in [0.2, 0.25) is 10.0 Å². The quantitative estimate of drug-likeness (QED) is 0.229. The Labute approximate surface area is 268 Å². The maximum atomic E-state index is 13.9. The lowest BCUT2D eigenvalue weighted by molar-refractivity contribution is 0.102. The molecule has 46 heavy (non-hydrogen) atoms. The molecule has 2 amide bonds. The number of likely N-dealkylation sites (N-methyl/N-ethyl adjacent to an activating group) is 1. The predicted octanol–water partition coefficient (Wildman–Crippen LogP) is 5.27. The third-order valence-electron chi connectivity index (χ3n) is 8.42. The molecule has 0 bridgehead atoms. The van der Waals surface area contributed by atoms with Crippen molar-refractivity contribution in [1.82, 2.24) is 19.4 Å². The number of H-pyrrole nitrogens is 1. The highest BCUT2D eigenvalue weighted by Crippen LogP contribution is 2.44. The number of fused-ring (bicyclic) bond motifs is 1. The number of thiophene rings is 1. The maximum absolute atomic E-state index is 13.9. The van der Waals surface area contributed by atoms with E-state index in [2.05, 4.69) is 37.7 Å². The van der Waals surface area contributed by atoms with Crippen LogP contribution in [-0.4, -0.2) is 72.2 Å². The molecule has 11 nitrogen and oxygen atoms in total. The first kappa shape index (κ1) is 31.8. The number of aromatic amines is 1. The van der Waals surface area contributed by atoms with Gasteiger partial charge in [0.25, 0.3) is 5.91 Å². The van der Waals surface area contributed by atoms with Gasteiger partial charge in [0.05, 0.1) is 37.8 Å². The third-order valence-corrected chi connectivity index (χ3v) is 12.0. The Morgan fingerprint density at radius 1 is 1.00 bits per heavy atom. The summed E-state index contributed by atoms with van der Waals surface area (Å²) in [5.74, 6) is -2.48. The Balaban J connectivity index is 1.29. The van der Waals surface area contributed by atoms with Crippen LogP contribution in [0, 0.1) is 18.6 Å². The zero-order chi connectivity index (χ0) is 33.0. The van der Waals surface area contributed by atoms with Crippen LogP contribution in [-0.2, 0) is 22.1 Å². The Bertz CT molecular complexity index is 1930. The summed E-state index contributed by atoms with van der Waals surface area (Å²) in [5, 5.41) is 16.3. The van der Waals surface area contributed by atoms with E-state index < -0.39 is 48.5 Å². The van der Waals surface area contributed by atoms with E-state index in [1.54, 1.807) is 26.0 Å². The number of piperazine rings is 1. The van der Waals surface area contributed by atoms with Gasteiger partial charge >= 0.3 is 5.24 Å². The fraction of sp³-hybridized carbons (Fsp3) is 0.323. The molecule has 4 heterocycles. The van der Waals surface area contributed by atoms with E-state index in [0.717, 1.165) is 53.9 Å². The molecule has 4 aromatic rings. The van der Waals surface area contributed by atoms with Crippen LogP contribution in [0.1, 0.15) is 41.0 Å². The van der Waals surface area contributed by atoms with Gasteiger partial charge in [-0.3, -0.25) is 15.2 Å². The van der Waals surface area contributed by atoms with Crippen molar-refractivity contribution in [2.24, 2.45) is 0 Å². The van der Waals surface area contributed by atoms with E-state index in [1.807, 2.05) is 29.8 Å². The number of aromatic nitrogens is 2. The monoisotopic (exact) mass is 670 g/mol. The molecule has 3 N–H and O–H groups in total. The first-order valence-corrected chi connectivity index (χ1v) is 17.4. The number of rotatable bonds is 7. The number of benzene rings is 2. The number of carbonyl (C=O) groups excluding carboxylic acids is 2. The maximum Gasteiger partial charge on any atom is 0.460 e. The molecule has 2 aliphatic rings. The SMILES string of the molecule is Cc1cc[s+](C(=O)Nc2cc(N3CCN(C)CC3)ccc2C(=O)Nc2n[nH]c3c2CN(S(=O)(=O)c2cc(F)cc(F)c2)C3(C)C)c1. The third kappa shape index (κ3) is 5.90. The second kappa shape index (κ2) is 11.9. The molecular weight excluding hydrogens is 637 g/mol. The molecule has 0 aliphatic carbocycles. The summed E-state index contributed by atoms with van der Waals surface area (Å²) in [4.78, 5) is 30.9. The van der Waals surface area contributed by atoms with Crippen molar-refractivity contribution >= 4 is 48.8 Å². The van der Waals surface area contributed by atoms with Crippen molar-refractivity contribution in [2.75, 3.05) is 48.8 Å². The van der Waals surface area contributed by atoms with Crippen LogP contribution in [0.4, 0.5) is 30.8 Å². The summed E-state index contributed by atoms with van der Waals surface area (Å²) in [6, 6.07) is 9.30. The molecule has 2 aliphatic heterocycles. The lowest BCUT2D eigenvalue weighted by atomic mass is 10.0. The molecule has 242 valence electrons. The van der Waals surface area contributed by atoms with E-state index in [1.165, 1.54) is 0 Å². The molecule has 1 atom stereocenters. The minimum absolute atomic E-state index is 0.107. The van der Waals surface area contributed by atoms with Crippen molar-refractivity contribution in [3.63, 3.8) is 0 Å². The van der Waals surface area contributed by atoms with Crippen molar-refractivity contribution in [3.8, 4) is 0 Å². The first-order chi connectivity index (χ1) is 21.7. The number of nitrogens with one attached hydrogen (secondary N) is 3. The van der Waals surface area contributed by atoms with Gasteiger partial charge in [-0.05, 0) is 64.2 Å². The fourth-order valence-electron chi connectivity index (χ4n) is 5.80. The average Bonchev–Trinajstić information content (AvgIpc) is 3.68. The highest BCUT2D eigenvalue weighted by molar-refractivity contribution is 7.89. The van der Waals surface area contributed by atoms with E-state index in [-0.39, 0.29) is 23.2 Å². The van der Waals surface area contributed by atoms with Crippen molar-refractivity contribution in [2.45, 2.75) is 37.8 Å². The molecule has 1 saturated heterocycles. The van der Waals surface area contributed by atoms with Crippen LogP contribution in [0.5, 0.6) is 0 Å². The van der Waals surface area contributed by atoms with Crippen LogP contribution >= 0.6 is 10.5 Å². The molecule has 6 rings (SSSR count). The molecule has 1 unspecified atom stereocenters. The van der Waals surface area contributed by atoms with Gasteiger partial charge in [-0.25, -0.2) is 22.0 Å². The van der Waals surface area contributed by atoms with Gasteiger partial charge in [-0.1, -0.05) is 0 Å². The van der Waals surface area contributed by atoms with Gasteiger partial charge in [0, 0.05) is 55.6 Å². The van der Waals surface area contributed by atoms with E-state index >= 15 is 0 Å². The number of aryl methyl sites for hydroxylation is 1. The van der Waals surface area contributed by atoms with E-state index in [9.17, 15) is 26.8 Å². The minimum Gasteiger partial charge on any atom is -0.369 e. The molecule has 2 aromatic carbocycles. The summed E-state index contributed by atoms with van der Waals surface area (Å²) in [6.45, 7) is 8.32. The Kier molecular flexibility index (Phi) is 8.21. The van der Waals surface area contributed by atoms with Crippen LogP contribution in [0.15, 0.2) is 58.1 Å². The van der Waals surface area contributed by atoms with Crippen LogP contribution in [0.2, 0.25) is 0 Å². The summed E-state index contributed by atoms with van der Waals surface area (Å²) >= 11 is 0. The van der Waals surface area contributed by atoms with Crippen molar-refractivity contribution in [1.29, 1.82) is 0 Å². The van der Waals surface area contributed by atoms with Crippen LogP contribution < -0.4 is 15.5 Å². The lowest BCUT2D eigenvalue weighted by Crippen LogP contribution is -2.44. The topological polar surface area (TPSA) is 131 Å². The number of sulfonamides is 1. The van der Waals surface area contributed by atoms with Gasteiger partial charge in [-0.15, -0.1) is 0 Å². The molecule has 2 aromatic heterocycles. The number of halogens is 2. The number of carbonyl (C=O) groups is 2. The highest BCUT2D eigenvalue weighted by Gasteiger charge is 2.48. The van der Waals surface area contributed by atoms with Gasteiger partial charge in [0.1, 0.15) is 17.0 Å². The van der Waals surface area contributed by atoms with Gasteiger partial charge in [0.15, 0.2) is 11.2 Å². The minimum atomic E-state index is -4.35. The summed E-state index contributed by atoms with van der Waals surface area (Å²) in [5.41, 5.74) is 2.05. The highest BCUT2D eigenvalue weighted by atomic mass is 32.2. The van der Waals surface area contributed by atoms with Crippen LogP contribution in [0.3, 0.4) is 0 Å². The molecule has 0 saturated carbocycles. The number of hydrogen-bond acceptors (Lipinski definition) is 7. The molecule has 0 spiro atoms. The average molecular weight is 671 g/mol. The van der Waals surface area contributed by atoms with Crippen LogP contribution in [0.25, 0.3) is 0 Å². The Morgan fingerprint density at radius 2 is 1.70 bits per heavy atom. The number of nitrogens with zero attached hydrogens (tertiary/aromatic N) is 4. The normalized spacial score (nSPS) is 17.2. The smallest absolute Gasteiger partial charge is 0.369 e. The van der Waals surface area contributed by atoms with Crippen molar-refractivity contribution < 1.29 is 26.8 Å². The zero-order valence-corrected chi connectivity index (χ0v) is 27.4. The van der Waals surface area contributed by atoms with E-state index in [4.69, 9.17) is 0 Å². The molecule has 0 radical (unpaired) electrons. The standard InChI is InChI=1S/C31H33F2N7O4S2/c1-19-7-12-45(18-19)30(42)34-26-16-22(39-10-8-38(4)9-11-39)5-6-24(26)29(41)35-28-25-17-40(31(2,3)27(25)36-37-28)46(43,44)23-14-20(32)13-21(33)15-23/h5-7,12-16,18H,8-11,17H2,1-4H3,(H2-,34,35,36,37,41,42)/p+1. The molecule has 15 heteroatoms. The fourth-order valence-corrected chi connectivity index (χ4v) is 8.94. The predicted molar refractivity (Wildman–Crippen MR) is 173 cm³/mol. The van der Waals surface area contributed by atoms with Gasteiger partial charge < -0.3 is 15.1 Å². The Morgan fingerprint density at radius 3 is 2.35 bits per heavy atom. The summed E-state index contributed by atoms with van der Waals surface area (Å²) < 4.78 is 56.1. The first-order valence-electron chi connectivity index (χ1n) is 14.6. The zero-order valence-electron chi connectivity index (χ0n) is 25.7. The number of hydrogen-bond donors (Lipinski definition) is 3. The summed E-state index contributed by atoms with van der Waals surface area (Å²) in [6.07, 6.45) is 0. The number of anilines is 3. The second-order valence-electron chi connectivity index (χ2n) is 12.0. The lowest BCUT2D eigenvalue weighted by Gasteiger charge is -2.34. The van der Waals surface area contributed by atoms with E-state index in [0.29, 0.717) is 23.0 Å². The largest absolute Gasteiger partial charge is 0.460 e. The van der Waals surface area contributed by atoms with Gasteiger partial charge in [-0.2, -0.15) is 9.40 Å².